The molecule has 1 saturated carbocycles. The molecule has 0 aliphatic heterocycles. The van der Waals surface area contributed by atoms with Gasteiger partial charge in [-0.15, -0.1) is 0 Å². The van der Waals surface area contributed by atoms with E-state index in [0.29, 0.717) is 0 Å². The van der Waals surface area contributed by atoms with Crippen LogP contribution in [-0.2, 0) is 0 Å². The summed E-state index contributed by atoms with van der Waals surface area (Å²) >= 11 is 1.85. The number of nitrogens with one attached hydrogen (secondary N) is 2. The lowest BCUT2D eigenvalue weighted by molar-refractivity contribution is 0.687. The van der Waals surface area contributed by atoms with E-state index in [4.69, 9.17) is 0 Å². The number of nitrogens with zero attached hydrogens (tertiary/aromatic N) is 1. The molecule has 2 N–H and O–H groups in total. The lowest BCUT2D eigenvalue weighted by Gasteiger charge is -2.10. The molecule has 14 heavy (non-hydrogen) atoms. The molecule has 0 aromatic rings. The third kappa shape index (κ3) is 5.37. The molecule has 82 valence electrons. The fourth-order valence-corrected chi connectivity index (χ4v) is 1.60. The van der Waals surface area contributed by atoms with Crippen LogP contribution in [0.25, 0.3) is 0 Å². The lowest BCUT2D eigenvalue weighted by Crippen LogP contribution is -2.38. The molecule has 4 heteroatoms. The summed E-state index contributed by atoms with van der Waals surface area (Å²) in [5.41, 5.74) is 0. The maximum absolute atomic E-state index is 4.16. The van der Waals surface area contributed by atoms with Crippen LogP contribution in [-0.4, -0.2) is 38.1 Å². The van der Waals surface area contributed by atoms with Gasteiger partial charge in [0.25, 0.3) is 0 Å². The second-order valence-corrected chi connectivity index (χ2v) is 4.64. The molecule has 0 heterocycles. The van der Waals surface area contributed by atoms with Gasteiger partial charge in [0.1, 0.15) is 0 Å². The molecule has 1 aliphatic rings. The minimum atomic E-state index is 0.944. The van der Waals surface area contributed by atoms with Crippen LogP contribution >= 0.6 is 11.8 Å². The summed E-state index contributed by atoms with van der Waals surface area (Å²) in [5, 5.41) is 6.61. The van der Waals surface area contributed by atoms with Crippen molar-refractivity contribution in [3.05, 3.63) is 0 Å². The second kappa shape index (κ2) is 6.98. The van der Waals surface area contributed by atoms with Gasteiger partial charge >= 0.3 is 0 Å². The van der Waals surface area contributed by atoms with E-state index in [0.717, 1.165) is 30.7 Å². The summed E-state index contributed by atoms with van der Waals surface area (Å²) in [6.45, 7) is 2.05. The topological polar surface area (TPSA) is 36.4 Å². The van der Waals surface area contributed by atoms with Gasteiger partial charge in [0.2, 0.25) is 0 Å². The first-order valence-corrected chi connectivity index (χ1v) is 6.69. The zero-order valence-corrected chi connectivity index (χ0v) is 9.99. The molecule has 1 rings (SSSR count). The SMILES string of the molecule is CN=C(NCCSC)NCCC1CC1. The maximum Gasteiger partial charge on any atom is 0.191 e. The van der Waals surface area contributed by atoms with E-state index in [1.807, 2.05) is 18.8 Å². The first kappa shape index (κ1) is 11.7. The predicted molar refractivity (Wildman–Crippen MR) is 65.1 cm³/mol. The van der Waals surface area contributed by atoms with Gasteiger partial charge in [-0.05, 0) is 18.6 Å². The predicted octanol–water partition coefficient (Wildman–Crippen LogP) is 1.31. The third-order valence-electron chi connectivity index (χ3n) is 2.36. The Hall–Kier alpha value is -0.380. The van der Waals surface area contributed by atoms with Crippen molar-refractivity contribution >= 4 is 17.7 Å². The van der Waals surface area contributed by atoms with E-state index < -0.39 is 0 Å². The smallest absolute Gasteiger partial charge is 0.191 e. The summed E-state index contributed by atoms with van der Waals surface area (Å²) in [7, 11) is 1.82. The van der Waals surface area contributed by atoms with Crippen LogP contribution in [0.3, 0.4) is 0 Å². The number of thioether (sulfide) groups is 1. The van der Waals surface area contributed by atoms with Gasteiger partial charge in [-0.2, -0.15) is 11.8 Å². The molecule has 0 radical (unpaired) electrons. The monoisotopic (exact) mass is 215 g/mol. The van der Waals surface area contributed by atoms with Crippen LogP contribution in [0.4, 0.5) is 0 Å². The highest BCUT2D eigenvalue weighted by molar-refractivity contribution is 7.98. The van der Waals surface area contributed by atoms with E-state index in [-0.39, 0.29) is 0 Å². The Kier molecular flexibility index (Phi) is 5.83. The van der Waals surface area contributed by atoms with Gasteiger partial charge in [-0.3, -0.25) is 4.99 Å². The minimum Gasteiger partial charge on any atom is -0.356 e. The van der Waals surface area contributed by atoms with E-state index in [1.165, 1.54) is 19.3 Å². The first-order valence-electron chi connectivity index (χ1n) is 5.30. The van der Waals surface area contributed by atoms with Crippen molar-refractivity contribution in [3.8, 4) is 0 Å². The average Bonchev–Trinajstić information content (AvgIpc) is 2.99. The zero-order chi connectivity index (χ0) is 10.2. The Bertz CT molecular complexity index is 178. The van der Waals surface area contributed by atoms with Crippen molar-refractivity contribution in [3.63, 3.8) is 0 Å². The quantitative estimate of drug-likeness (QED) is 0.398. The normalized spacial score (nSPS) is 16.9. The molecular formula is C10H21N3S. The Morgan fingerprint density at radius 1 is 1.36 bits per heavy atom. The summed E-state index contributed by atoms with van der Waals surface area (Å²) in [5.74, 6) is 3.06. The highest BCUT2D eigenvalue weighted by Gasteiger charge is 2.20. The minimum absolute atomic E-state index is 0.944. The van der Waals surface area contributed by atoms with Crippen molar-refractivity contribution in [1.29, 1.82) is 0 Å². The number of hydrogen-bond donors (Lipinski definition) is 2. The zero-order valence-electron chi connectivity index (χ0n) is 9.18. The van der Waals surface area contributed by atoms with Crippen LogP contribution < -0.4 is 10.6 Å². The Morgan fingerprint density at radius 3 is 2.64 bits per heavy atom. The molecule has 0 aromatic heterocycles. The van der Waals surface area contributed by atoms with Crippen molar-refractivity contribution < 1.29 is 0 Å². The lowest BCUT2D eigenvalue weighted by atomic mass is 10.3. The number of guanidine groups is 1. The van der Waals surface area contributed by atoms with Crippen LogP contribution in [0.2, 0.25) is 0 Å². The number of rotatable bonds is 6. The summed E-state index contributed by atoms with van der Waals surface area (Å²) in [6.07, 6.45) is 6.27. The van der Waals surface area contributed by atoms with Gasteiger partial charge in [-0.25, -0.2) is 0 Å². The van der Waals surface area contributed by atoms with Crippen LogP contribution in [0.1, 0.15) is 19.3 Å². The highest BCUT2D eigenvalue weighted by atomic mass is 32.2. The first-order chi connectivity index (χ1) is 6.86. The molecule has 0 saturated heterocycles. The molecule has 1 fully saturated rings. The number of hydrogen-bond acceptors (Lipinski definition) is 2. The summed E-state index contributed by atoms with van der Waals surface area (Å²) in [6, 6.07) is 0. The molecule has 3 nitrogen and oxygen atoms in total. The third-order valence-corrected chi connectivity index (χ3v) is 2.98. The molecule has 0 atom stereocenters. The highest BCUT2D eigenvalue weighted by Crippen LogP contribution is 2.31. The van der Waals surface area contributed by atoms with E-state index in [1.54, 1.807) is 0 Å². The molecule has 0 amide bonds. The largest absolute Gasteiger partial charge is 0.356 e. The second-order valence-electron chi connectivity index (χ2n) is 3.65. The maximum atomic E-state index is 4.16. The van der Waals surface area contributed by atoms with E-state index >= 15 is 0 Å². The summed E-state index contributed by atoms with van der Waals surface area (Å²) < 4.78 is 0. The fourth-order valence-electron chi connectivity index (χ4n) is 1.29. The van der Waals surface area contributed by atoms with E-state index in [2.05, 4.69) is 21.9 Å². The van der Waals surface area contributed by atoms with E-state index in [9.17, 15) is 0 Å². The summed E-state index contributed by atoms with van der Waals surface area (Å²) in [4.78, 5) is 4.16. The molecule has 0 aromatic carbocycles. The van der Waals surface area contributed by atoms with Gasteiger partial charge in [-0.1, -0.05) is 12.8 Å². The Morgan fingerprint density at radius 2 is 2.07 bits per heavy atom. The molecule has 0 spiro atoms. The van der Waals surface area contributed by atoms with Crippen molar-refractivity contribution in [2.45, 2.75) is 19.3 Å². The Balaban J connectivity index is 1.99. The van der Waals surface area contributed by atoms with Gasteiger partial charge in [0.05, 0.1) is 0 Å². The van der Waals surface area contributed by atoms with Crippen LogP contribution in [0.5, 0.6) is 0 Å². The van der Waals surface area contributed by atoms with Gasteiger partial charge in [0, 0.05) is 25.9 Å². The van der Waals surface area contributed by atoms with Crippen molar-refractivity contribution in [2.75, 3.05) is 32.1 Å². The Labute approximate surface area is 91.1 Å². The molecular weight excluding hydrogens is 194 g/mol. The van der Waals surface area contributed by atoms with Crippen molar-refractivity contribution in [2.24, 2.45) is 10.9 Å². The molecule has 0 unspecified atom stereocenters. The van der Waals surface area contributed by atoms with Crippen molar-refractivity contribution in [1.82, 2.24) is 10.6 Å². The number of aliphatic imine (C=N–C) groups is 1. The van der Waals surface area contributed by atoms with Crippen LogP contribution in [0, 0.1) is 5.92 Å². The fraction of sp³-hybridized carbons (Fsp3) is 0.900. The standard InChI is InChI=1S/C10H21N3S/c1-11-10(13-7-8-14-2)12-6-5-9-3-4-9/h9H,3-8H2,1-2H3,(H2,11,12,13). The van der Waals surface area contributed by atoms with Gasteiger partial charge in [0.15, 0.2) is 5.96 Å². The molecule has 0 bridgehead atoms. The van der Waals surface area contributed by atoms with Gasteiger partial charge < -0.3 is 10.6 Å². The average molecular weight is 215 g/mol. The molecule has 1 aliphatic carbocycles. The van der Waals surface area contributed by atoms with Crippen LogP contribution in [0.15, 0.2) is 4.99 Å².